The Morgan fingerprint density at radius 3 is 2.41 bits per heavy atom. The van der Waals surface area contributed by atoms with Gasteiger partial charge in [-0.2, -0.15) is 0 Å². The number of amides is 2. The maximum absolute atomic E-state index is 14.4. The number of likely N-dealkylation sites (N-methyl/N-ethyl adjacent to an activating group) is 1. The molecule has 4 rings (SSSR count). The van der Waals surface area contributed by atoms with E-state index in [0.717, 1.165) is 5.56 Å². The van der Waals surface area contributed by atoms with Crippen molar-refractivity contribution < 1.29 is 18.4 Å². The number of hydrogen-bond acceptors (Lipinski definition) is 4. The Bertz CT molecular complexity index is 1190. The molecule has 0 aliphatic carbocycles. The summed E-state index contributed by atoms with van der Waals surface area (Å²) in [5.74, 6) is -1.31. The van der Waals surface area contributed by atoms with E-state index in [1.165, 1.54) is 24.3 Å². The Kier molecular flexibility index (Phi) is 6.56. The van der Waals surface area contributed by atoms with Crippen LogP contribution in [-0.4, -0.2) is 72.9 Å². The van der Waals surface area contributed by atoms with Gasteiger partial charge >= 0.3 is 0 Å². The van der Waals surface area contributed by atoms with Crippen LogP contribution in [0.4, 0.5) is 20.2 Å². The third-order valence-corrected chi connectivity index (χ3v) is 6.42. The van der Waals surface area contributed by atoms with Crippen molar-refractivity contribution in [3.8, 4) is 0 Å². The quantitative estimate of drug-likeness (QED) is 0.599. The number of hydrogen-bond donors (Lipinski definition) is 2. The van der Waals surface area contributed by atoms with Crippen LogP contribution in [0, 0.1) is 18.6 Å². The number of aromatic nitrogens is 1. The number of benzene rings is 2. The van der Waals surface area contributed by atoms with E-state index in [0.29, 0.717) is 48.5 Å². The Hall–Kier alpha value is -3.46. The van der Waals surface area contributed by atoms with Crippen molar-refractivity contribution in [3.05, 3.63) is 59.3 Å². The highest BCUT2D eigenvalue weighted by Gasteiger charge is 2.26. The second-order valence-electron chi connectivity index (χ2n) is 8.94. The van der Waals surface area contributed by atoms with Crippen LogP contribution < -0.4 is 10.2 Å². The molecule has 9 heteroatoms. The van der Waals surface area contributed by atoms with E-state index >= 15 is 0 Å². The Balaban J connectivity index is 1.47. The van der Waals surface area contributed by atoms with Crippen LogP contribution in [0.1, 0.15) is 23.0 Å². The Morgan fingerprint density at radius 2 is 1.76 bits per heavy atom. The van der Waals surface area contributed by atoms with Gasteiger partial charge in [0.2, 0.25) is 5.91 Å². The number of halogens is 2. The number of nitrogens with zero attached hydrogens (tertiary/aromatic N) is 3. The van der Waals surface area contributed by atoms with E-state index in [9.17, 15) is 18.4 Å². The molecule has 180 valence electrons. The molecule has 1 atom stereocenters. The van der Waals surface area contributed by atoms with Gasteiger partial charge in [0.25, 0.3) is 5.91 Å². The summed E-state index contributed by atoms with van der Waals surface area (Å²) >= 11 is 0. The SMILES string of the molecule is Cc1ccc(F)c2cc(C(=O)Nc3cc(F)cc(N4CCN(C(=O)C(C)N(C)C)CC4)c3)[nH]c12. The molecule has 0 saturated carbocycles. The number of rotatable bonds is 5. The van der Waals surface area contributed by atoms with Crippen molar-refractivity contribution >= 4 is 34.1 Å². The number of nitrogens with one attached hydrogen (secondary N) is 2. The number of anilines is 2. The molecule has 34 heavy (non-hydrogen) atoms. The first kappa shape index (κ1) is 23.7. The van der Waals surface area contributed by atoms with Crippen LogP contribution in [0.3, 0.4) is 0 Å². The number of fused-ring (bicyclic) bond motifs is 1. The zero-order chi connectivity index (χ0) is 24.6. The molecule has 1 saturated heterocycles. The first-order valence-corrected chi connectivity index (χ1v) is 11.2. The van der Waals surface area contributed by atoms with E-state index < -0.39 is 17.5 Å². The molecule has 1 fully saturated rings. The molecule has 2 amide bonds. The fourth-order valence-corrected chi connectivity index (χ4v) is 4.15. The highest BCUT2D eigenvalue weighted by Crippen LogP contribution is 2.26. The van der Waals surface area contributed by atoms with Crippen LogP contribution in [0.25, 0.3) is 10.9 Å². The average Bonchev–Trinajstić information content (AvgIpc) is 3.27. The molecule has 2 aromatic carbocycles. The lowest BCUT2D eigenvalue weighted by molar-refractivity contribution is -0.135. The van der Waals surface area contributed by atoms with Gasteiger partial charge in [-0.3, -0.25) is 14.5 Å². The molecular formula is C25H29F2N5O2. The molecule has 2 N–H and O–H groups in total. The standard InChI is InChI=1S/C25H29F2N5O2/c1-15-5-6-21(27)20-14-22(29-23(15)20)24(33)28-18-11-17(26)12-19(13-18)31-7-9-32(10-8-31)25(34)16(2)30(3)4/h5-6,11-14,16,29H,7-10H2,1-4H3,(H,28,33). The summed E-state index contributed by atoms with van der Waals surface area (Å²) in [7, 11) is 3.74. The fourth-order valence-electron chi connectivity index (χ4n) is 4.15. The van der Waals surface area contributed by atoms with Crippen LogP contribution in [-0.2, 0) is 4.79 Å². The lowest BCUT2D eigenvalue weighted by Gasteiger charge is -2.38. The zero-order valence-electron chi connectivity index (χ0n) is 19.8. The summed E-state index contributed by atoms with van der Waals surface area (Å²) in [5.41, 5.74) is 2.50. The van der Waals surface area contributed by atoms with Crippen molar-refractivity contribution in [2.45, 2.75) is 19.9 Å². The minimum Gasteiger partial charge on any atom is -0.368 e. The first-order valence-electron chi connectivity index (χ1n) is 11.2. The number of carbonyl (C=O) groups is 2. The molecular weight excluding hydrogens is 440 g/mol. The number of piperazine rings is 1. The monoisotopic (exact) mass is 469 g/mol. The predicted molar refractivity (Wildman–Crippen MR) is 129 cm³/mol. The topological polar surface area (TPSA) is 71.7 Å². The molecule has 1 unspecified atom stereocenters. The predicted octanol–water partition coefficient (Wildman–Crippen LogP) is 3.61. The van der Waals surface area contributed by atoms with Crippen LogP contribution >= 0.6 is 0 Å². The van der Waals surface area contributed by atoms with Gasteiger partial charge in [-0.1, -0.05) is 6.07 Å². The zero-order valence-corrected chi connectivity index (χ0v) is 19.8. The second-order valence-corrected chi connectivity index (χ2v) is 8.94. The molecule has 0 spiro atoms. The van der Waals surface area contributed by atoms with Gasteiger partial charge < -0.3 is 20.1 Å². The van der Waals surface area contributed by atoms with Crippen molar-refractivity contribution in [1.29, 1.82) is 0 Å². The van der Waals surface area contributed by atoms with Gasteiger partial charge in [0.15, 0.2) is 0 Å². The molecule has 3 aromatic rings. The summed E-state index contributed by atoms with van der Waals surface area (Å²) in [6.45, 7) is 5.89. The number of carbonyl (C=O) groups excluding carboxylic acids is 2. The molecule has 1 aliphatic rings. The Morgan fingerprint density at radius 1 is 1.06 bits per heavy atom. The van der Waals surface area contributed by atoms with E-state index in [1.54, 1.807) is 12.1 Å². The van der Waals surface area contributed by atoms with Gasteiger partial charge in [-0.25, -0.2) is 8.78 Å². The van der Waals surface area contributed by atoms with E-state index in [1.807, 2.05) is 42.6 Å². The molecule has 1 aromatic heterocycles. The average molecular weight is 470 g/mol. The molecule has 7 nitrogen and oxygen atoms in total. The van der Waals surface area contributed by atoms with Crippen LogP contribution in [0.5, 0.6) is 0 Å². The summed E-state index contributed by atoms with van der Waals surface area (Å²) in [6.07, 6.45) is 0. The van der Waals surface area contributed by atoms with Gasteiger partial charge in [0, 0.05) is 42.9 Å². The Labute approximate surface area is 197 Å². The van der Waals surface area contributed by atoms with Gasteiger partial charge in [0.1, 0.15) is 17.3 Å². The lowest BCUT2D eigenvalue weighted by Crippen LogP contribution is -2.53. The van der Waals surface area contributed by atoms with Gasteiger partial charge in [0.05, 0.1) is 11.6 Å². The third-order valence-electron chi connectivity index (χ3n) is 6.42. The third kappa shape index (κ3) is 4.75. The maximum atomic E-state index is 14.4. The van der Waals surface area contributed by atoms with E-state index in [4.69, 9.17) is 0 Å². The lowest BCUT2D eigenvalue weighted by atomic mass is 10.1. The highest BCUT2D eigenvalue weighted by molar-refractivity contribution is 6.06. The van der Waals surface area contributed by atoms with E-state index in [2.05, 4.69) is 10.3 Å². The fraction of sp³-hybridized carbons (Fsp3) is 0.360. The van der Waals surface area contributed by atoms with Crippen molar-refractivity contribution in [3.63, 3.8) is 0 Å². The minimum atomic E-state index is -0.486. The summed E-state index contributed by atoms with van der Waals surface area (Å²) < 4.78 is 28.5. The molecule has 2 heterocycles. The second kappa shape index (κ2) is 9.42. The number of aromatic amines is 1. The van der Waals surface area contributed by atoms with Crippen molar-refractivity contribution in [1.82, 2.24) is 14.8 Å². The van der Waals surface area contributed by atoms with Gasteiger partial charge in [-0.15, -0.1) is 0 Å². The maximum Gasteiger partial charge on any atom is 0.272 e. The normalized spacial score (nSPS) is 15.1. The highest BCUT2D eigenvalue weighted by atomic mass is 19.1. The van der Waals surface area contributed by atoms with Crippen molar-refractivity contribution in [2.75, 3.05) is 50.5 Å². The number of aryl methyl sites for hydroxylation is 1. The molecule has 0 bridgehead atoms. The number of H-pyrrole nitrogens is 1. The molecule has 0 radical (unpaired) electrons. The largest absolute Gasteiger partial charge is 0.368 e. The minimum absolute atomic E-state index is 0.0712. The smallest absolute Gasteiger partial charge is 0.272 e. The summed E-state index contributed by atoms with van der Waals surface area (Å²) in [6, 6.07) is 8.62. The van der Waals surface area contributed by atoms with Crippen LogP contribution in [0.15, 0.2) is 36.4 Å². The molecule has 1 aliphatic heterocycles. The van der Waals surface area contributed by atoms with E-state index in [-0.39, 0.29) is 17.6 Å². The van der Waals surface area contributed by atoms with Gasteiger partial charge in [-0.05, 0) is 63.8 Å². The van der Waals surface area contributed by atoms with Crippen LogP contribution in [0.2, 0.25) is 0 Å². The first-order chi connectivity index (χ1) is 16.1. The van der Waals surface area contributed by atoms with Crippen molar-refractivity contribution in [2.24, 2.45) is 0 Å². The summed E-state index contributed by atoms with van der Waals surface area (Å²) in [4.78, 5) is 34.0. The summed E-state index contributed by atoms with van der Waals surface area (Å²) in [5, 5.41) is 3.04.